The molecule has 0 amide bonds. The molecule has 6 rings (SSSR count). The maximum Gasteiger partial charge on any atom is 0.345 e. The molecule has 0 atom stereocenters. The third-order valence-electron chi connectivity index (χ3n) is 5.66. The highest BCUT2D eigenvalue weighted by molar-refractivity contribution is 5.84. The average Bonchev–Trinajstić information content (AvgIpc) is 3.27. The van der Waals surface area contributed by atoms with Gasteiger partial charge >= 0.3 is 5.69 Å². The number of anilines is 2. The van der Waals surface area contributed by atoms with E-state index in [1.54, 1.807) is 0 Å². The molecule has 3 heterocycles. The number of aromatic nitrogens is 6. The molecule has 164 valence electrons. The zero-order chi connectivity index (χ0) is 23.1. The Bertz CT molecular complexity index is 1700. The molecular weight excluding hydrogens is 426 g/mol. The highest BCUT2D eigenvalue weighted by Crippen LogP contribution is 2.27. The van der Waals surface area contributed by atoms with Crippen LogP contribution in [0.1, 0.15) is 5.82 Å². The van der Waals surface area contributed by atoms with E-state index in [0.717, 1.165) is 33.7 Å². The zero-order valence-electron chi connectivity index (χ0n) is 18.2. The van der Waals surface area contributed by atoms with E-state index in [0.29, 0.717) is 22.9 Å². The minimum atomic E-state index is -0.386. The van der Waals surface area contributed by atoms with Gasteiger partial charge in [-0.05, 0) is 42.8 Å². The fraction of sp³-hybridized carbons (Fsp3) is 0.0385. The molecule has 3 aromatic carbocycles. The molecule has 0 aliphatic carbocycles. The minimum absolute atomic E-state index is 0.386. The second kappa shape index (κ2) is 7.93. The first-order valence-corrected chi connectivity index (χ1v) is 10.8. The molecule has 3 aromatic heterocycles. The Morgan fingerprint density at radius 3 is 2.41 bits per heavy atom. The van der Waals surface area contributed by atoms with E-state index in [9.17, 15) is 4.79 Å². The van der Waals surface area contributed by atoms with Gasteiger partial charge in [0.05, 0.1) is 22.4 Å². The molecule has 0 unspecified atom stereocenters. The molecular formula is C26H19N7O. The molecule has 0 spiro atoms. The normalized spacial score (nSPS) is 11.2. The first-order chi connectivity index (χ1) is 16.7. The van der Waals surface area contributed by atoms with Crippen LogP contribution in [0, 0.1) is 6.92 Å². The van der Waals surface area contributed by atoms with Crippen LogP contribution in [0.4, 0.5) is 11.5 Å². The number of para-hydroxylation sites is 2. The van der Waals surface area contributed by atoms with E-state index in [2.05, 4.69) is 25.5 Å². The van der Waals surface area contributed by atoms with Crippen molar-refractivity contribution in [2.75, 3.05) is 5.32 Å². The van der Waals surface area contributed by atoms with Gasteiger partial charge in [-0.3, -0.25) is 4.40 Å². The summed E-state index contributed by atoms with van der Waals surface area (Å²) in [6.07, 6.45) is 0. The largest absolute Gasteiger partial charge is 0.345 e. The molecule has 6 aromatic rings. The minimum Gasteiger partial charge on any atom is -0.337 e. The van der Waals surface area contributed by atoms with Crippen molar-refractivity contribution < 1.29 is 0 Å². The van der Waals surface area contributed by atoms with Gasteiger partial charge in [-0.1, -0.05) is 54.6 Å². The summed E-state index contributed by atoms with van der Waals surface area (Å²) in [6.45, 7) is 1.92. The van der Waals surface area contributed by atoms with Gasteiger partial charge in [-0.2, -0.15) is 4.98 Å². The smallest absolute Gasteiger partial charge is 0.337 e. The van der Waals surface area contributed by atoms with Crippen LogP contribution in [0.5, 0.6) is 0 Å². The van der Waals surface area contributed by atoms with Crippen LogP contribution in [0.3, 0.4) is 0 Å². The van der Waals surface area contributed by atoms with Crippen molar-refractivity contribution in [3.8, 4) is 22.5 Å². The third-order valence-corrected chi connectivity index (χ3v) is 5.66. The van der Waals surface area contributed by atoms with Crippen molar-refractivity contribution in [2.24, 2.45) is 0 Å². The van der Waals surface area contributed by atoms with Gasteiger partial charge in [0.1, 0.15) is 5.82 Å². The van der Waals surface area contributed by atoms with Crippen LogP contribution < -0.4 is 11.0 Å². The first kappa shape index (κ1) is 19.8. The molecule has 0 aliphatic heterocycles. The highest BCUT2D eigenvalue weighted by atomic mass is 16.1. The highest BCUT2D eigenvalue weighted by Gasteiger charge is 2.13. The van der Waals surface area contributed by atoms with Crippen LogP contribution in [0.25, 0.3) is 39.2 Å². The number of H-pyrrole nitrogens is 1. The van der Waals surface area contributed by atoms with Gasteiger partial charge in [0.2, 0.25) is 5.65 Å². The van der Waals surface area contributed by atoms with Gasteiger partial charge in [0, 0.05) is 11.3 Å². The average molecular weight is 445 g/mol. The summed E-state index contributed by atoms with van der Waals surface area (Å²) in [4.78, 5) is 23.9. The Morgan fingerprint density at radius 1 is 0.824 bits per heavy atom. The maximum atomic E-state index is 12.2. The molecule has 0 fully saturated rings. The van der Waals surface area contributed by atoms with Crippen LogP contribution >= 0.6 is 0 Å². The molecule has 0 saturated carbocycles. The fourth-order valence-corrected chi connectivity index (χ4v) is 4.05. The summed E-state index contributed by atoms with van der Waals surface area (Å²) in [5.74, 6) is 1.42. The standard InChI is InChI=1S/C26H19N7O/c1-16-31-32-25-24(28-20-9-5-6-10-23(20)33(16)25)27-19-13-11-18(12-14-19)22-15-21(29-26(34)30-22)17-7-3-2-4-8-17/h2-15H,1H3,(H,27,28)(H,29,30,34). The summed E-state index contributed by atoms with van der Waals surface area (Å²) >= 11 is 0. The van der Waals surface area contributed by atoms with Crippen LogP contribution in [0.2, 0.25) is 0 Å². The predicted molar refractivity (Wildman–Crippen MR) is 132 cm³/mol. The summed E-state index contributed by atoms with van der Waals surface area (Å²) in [5.41, 5.74) is 6.01. The molecule has 0 bridgehead atoms. The lowest BCUT2D eigenvalue weighted by molar-refractivity contribution is 1.02. The quantitative estimate of drug-likeness (QED) is 0.406. The lowest BCUT2D eigenvalue weighted by atomic mass is 10.1. The van der Waals surface area contributed by atoms with E-state index in [4.69, 9.17) is 4.98 Å². The molecule has 8 heteroatoms. The number of hydrogen-bond donors (Lipinski definition) is 2. The lowest BCUT2D eigenvalue weighted by Crippen LogP contribution is -2.11. The third kappa shape index (κ3) is 3.47. The van der Waals surface area contributed by atoms with Crippen LogP contribution in [-0.4, -0.2) is 29.5 Å². The van der Waals surface area contributed by atoms with Gasteiger partial charge < -0.3 is 10.3 Å². The van der Waals surface area contributed by atoms with E-state index < -0.39 is 0 Å². The van der Waals surface area contributed by atoms with Crippen LogP contribution in [0.15, 0.2) is 89.7 Å². The Kier molecular flexibility index (Phi) is 4.62. The second-order valence-electron chi connectivity index (χ2n) is 7.91. The van der Waals surface area contributed by atoms with Gasteiger partial charge in [0.25, 0.3) is 0 Å². The molecule has 0 radical (unpaired) electrons. The van der Waals surface area contributed by atoms with Crippen molar-refractivity contribution >= 4 is 28.2 Å². The molecule has 8 nitrogen and oxygen atoms in total. The zero-order valence-corrected chi connectivity index (χ0v) is 18.2. The summed E-state index contributed by atoms with van der Waals surface area (Å²) in [5, 5.41) is 11.9. The topological polar surface area (TPSA) is 101 Å². The Labute approximate surface area is 194 Å². The Hall–Kier alpha value is -4.85. The van der Waals surface area contributed by atoms with E-state index >= 15 is 0 Å². The van der Waals surface area contributed by atoms with Crippen LogP contribution in [-0.2, 0) is 0 Å². The van der Waals surface area contributed by atoms with E-state index in [1.807, 2.05) is 96.3 Å². The summed E-state index contributed by atoms with van der Waals surface area (Å²) in [6, 6.07) is 27.2. The number of nitrogens with zero attached hydrogens (tertiary/aromatic N) is 5. The van der Waals surface area contributed by atoms with Crippen molar-refractivity contribution in [2.45, 2.75) is 6.92 Å². The van der Waals surface area contributed by atoms with Crippen molar-refractivity contribution in [3.05, 3.63) is 101 Å². The predicted octanol–water partition coefficient (Wildman–Crippen LogP) is 4.75. The molecule has 0 saturated heterocycles. The first-order valence-electron chi connectivity index (χ1n) is 10.8. The maximum absolute atomic E-state index is 12.2. The number of hydrogen-bond acceptors (Lipinski definition) is 6. The number of fused-ring (bicyclic) bond motifs is 3. The monoisotopic (exact) mass is 445 g/mol. The lowest BCUT2D eigenvalue weighted by Gasteiger charge is -2.10. The SMILES string of the molecule is Cc1nnc2c(Nc3ccc(-c4cc(-c5ccccc5)nc(=O)[nH]4)cc3)nc3ccccc3n12. The molecule has 34 heavy (non-hydrogen) atoms. The molecule has 2 N–H and O–H groups in total. The summed E-state index contributed by atoms with van der Waals surface area (Å²) < 4.78 is 1.99. The van der Waals surface area contributed by atoms with Crippen molar-refractivity contribution in [3.63, 3.8) is 0 Å². The van der Waals surface area contributed by atoms with E-state index in [-0.39, 0.29) is 5.69 Å². The Balaban J connectivity index is 1.35. The Morgan fingerprint density at radius 2 is 1.59 bits per heavy atom. The number of aromatic amines is 1. The fourth-order valence-electron chi connectivity index (χ4n) is 4.05. The number of benzene rings is 3. The van der Waals surface area contributed by atoms with E-state index in [1.165, 1.54) is 0 Å². The van der Waals surface area contributed by atoms with Crippen molar-refractivity contribution in [1.82, 2.24) is 29.5 Å². The number of aryl methyl sites for hydroxylation is 1. The van der Waals surface area contributed by atoms with Gasteiger partial charge in [-0.15, -0.1) is 10.2 Å². The second-order valence-corrected chi connectivity index (χ2v) is 7.91. The summed E-state index contributed by atoms with van der Waals surface area (Å²) in [7, 11) is 0. The number of nitrogens with one attached hydrogen (secondary N) is 2. The van der Waals surface area contributed by atoms with Crippen molar-refractivity contribution in [1.29, 1.82) is 0 Å². The molecule has 0 aliphatic rings. The van der Waals surface area contributed by atoms with Gasteiger partial charge in [0.15, 0.2) is 5.82 Å². The van der Waals surface area contributed by atoms with Gasteiger partial charge in [-0.25, -0.2) is 9.78 Å². The number of rotatable bonds is 4.